The molecule has 0 amide bonds. The van der Waals surface area contributed by atoms with Gasteiger partial charge in [-0.15, -0.1) is 0 Å². The number of esters is 2. The summed E-state index contributed by atoms with van der Waals surface area (Å²) in [6.07, 6.45) is 11.7. The number of hydrogen-bond donors (Lipinski definition) is 0. The van der Waals surface area contributed by atoms with Gasteiger partial charge in [-0.2, -0.15) is 0 Å². The zero-order valence-electron chi connectivity index (χ0n) is 12.0. The Hall–Kier alpha value is -1.58. The van der Waals surface area contributed by atoms with Gasteiger partial charge in [0.25, 0.3) is 0 Å². The van der Waals surface area contributed by atoms with Crippen LogP contribution < -0.4 is 0 Å². The van der Waals surface area contributed by atoms with Crippen molar-refractivity contribution in [3.63, 3.8) is 0 Å². The molecule has 2 fully saturated rings. The largest absolute Gasteiger partial charge is 0.459 e. The maximum absolute atomic E-state index is 10.6. The first kappa shape index (κ1) is 16.5. The highest BCUT2D eigenvalue weighted by Gasteiger charge is 2.18. The average molecular weight is 280 g/mol. The third kappa shape index (κ3) is 6.55. The van der Waals surface area contributed by atoms with Crippen LogP contribution >= 0.6 is 0 Å². The van der Waals surface area contributed by atoms with Gasteiger partial charge in [-0.05, 0) is 51.4 Å². The monoisotopic (exact) mass is 280 g/mol. The standard InChI is InChI=1S/2C8H12O2/c2*1-2-8(9)10-7-5-3-4-6-7/h2*2,7H,1,3-6H2. The third-order valence-corrected chi connectivity index (χ3v) is 3.50. The molecular formula is C16H24O4. The number of carbonyl (C=O) groups excluding carboxylic acids is 2. The molecule has 2 rings (SSSR count). The second-order valence-corrected chi connectivity index (χ2v) is 5.09. The molecule has 2 aliphatic rings. The van der Waals surface area contributed by atoms with Gasteiger partial charge in [0.2, 0.25) is 0 Å². The fourth-order valence-corrected chi connectivity index (χ4v) is 2.44. The molecule has 0 radical (unpaired) electrons. The molecule has 2 saturated carbocycles. The predicted molar refractivity (Wildman–Crippen MR) is 77.1 cm³/mol. The van der Waals surface area contributed by atoms with E-state index in [0.717, 1.165) is 25.7 Å². The van der Waals surface area contributed by atoms with Crippen molar-refractivity contribution in [3.05, 3.63) is 25.3 Å². The molecule has 0 bridgehead atoms. The highest BCUT2D eigenvalue weighted by atomic mass is 16.5. The molecule has 0 atom stereocenters. The van der Waals surface area contributed by atoms with E-state index in [1.165, 1.54) is 37.8 Å². The van der Waals surface area contributed by atoms with Crippen LogP contribution in [0.2, 0.25) is 0 Å². The van der Waals surface area contributed by atoms with Crippen LogP contribution in [0.4, 0.5) is 0 Å². The molecule has 0 aromatic rings. The Morgan fingerprint density at radius 2 is 1.05 bits per heavy atom. The number of hydrogen-bond acceptors (Lipinski definition) is 4. The highest BCUT2D eigenvalue weighted by Crippen LogP contribution is 2.21. The fourth-order valence-electron chi connectivity index (χ4n) is 2.44. The maximum Gasteiger partial charge on any atom is 0.330 e. The van der Waals surface area contributed by atoms with Crippen molar-refractivity contribution < 1.29 is 19.1 Å². The minimum atomic E-state index is -0.285. The Morgan fingerprint density at radius 3 is 1.30 bits per heavy atom. The minimum Gasteiger partial charge on any atom is -0.459 e. The van der Waals surface area contributed by atoms with E-state index in [9.17, 15) is 9.59 Å². The lowest BCUT2D eigenvalue weighted by Crippen LogP contribution is -2.11. The first-order chi connectivity index (χ1) is 9.65. The van der Waals surface area contributed by atoms with Crippen LogP contribution in [0.15, 0.2) is 25.3 Å². The Morgan fingerprint density at radius 1 is 0.750 bits per heavy atom. The minimum absolute atomic E-state index is 0.172. The van der Waals surface area contributed by atoms with Crippen molar-refractivity contribution in [3.8, 4) is 0 Å². The van der Waals surface area contributed by atoms with Crippen LogP contribution in [-0.4, -0.2) is 24.1 Å². The SMILES string of the molecule is C=CC(=O)OC1CCCC1.C=CC(=O)OC1CCCC1. The summed E-state index contributed by atoms with van der Waals surface area (Å²) < 4.78 is 10.0. The van der Waals surface area contributed by atoms with Crippen molar-refractivity contribution in [2.45, 2.75) is 63.6 Å². The summed E-state index contributed by atoms with van der Waals surface area (Å²) in [6.45, 7) is 6.66. The van der Waals surface area contributed by atoms with Crippen LogP contribution in [0.3, 0.4) is 0 Å². The van der Waals surface area contributed by atoms with E-state index in [0.29, 0.717) is 0 Å². The smallest absolute Gasteiger partial charge is 0.330 e. The molecule has 4 nitrogen and oxygen atoms in total. The highest BCUT2D eigenvalue weighted by molar-refractivity contribution is 5.81. The Kier molecular flexibility index (Phi) is 7.70. The van der Waals surface area contributed by atoms with Gasteiger partial charge in [-0.1, -0.05) is 13.2 Å². The Bertz CT molecular complexity index is 302. The van der Waals surface area contributed by atoms with Gasteiger partial charge in [-0.3, -0.25) is 0 Å². The second kappa shape index (κ2) is 9.34. The van der Waals surface area contributed by atoms with Gasteiger partial charge in [0.1, 0.15) is 12.2 Å². The van der Waals surface area contributed by atoms with Crippen LogP contribution in [0.25, 0.3) is 0 Å². The molecule has 2 aliphatic carbocycles. The van der Waals surface area contributed by atoms with Gasteiger partial charge in [0.05, 0.1) is 0 Å². The molecule has 4 heteroatoms. The van der Waals surface area contributed by atoms with E-state index in [2.05, 4.69) is 13.2 Å². The molecule has 0 spiro atoms. The molecule has 0 aliphatic heterocycles. The number of rotatable bonds is 4. The summed E-state index contributed by atoms with van der Waals surface area (Å²) >= 11 is 0. The van der Waals surface area contributed by atoms with Crippen molar-refractivity contribution in [2.24, 2.45) is 0 Å². The third-order valence-electron chi connectivity index (χ3n) is 3.50. The van der Waals surface area contributed by atoms with Gasteiger partial charge >= 0.3 is 11.9 Å². The normalized spacial score (nSPS) is 18.8. The lowest BCUT2D eigenvalue weighted by Gasteiger charge is -2.07. The van der Waals surface area contributed by atoms with Crippen LogP contribution in [0, 0.1) is 0 Å². The summed E-state index contributed by atoms with van der Waals surface area (Å²) in [6, 6.07) is 0. The lowest BCUT2D eigenvalue weighted by atomic mass is 10.3. The maximum atomic E-state index is 10.6. The van der Waals surface area contributed by atoms with Crippen molar-refractivity contribution >= 4 is 11.9 Å². The van der Waals surface area contributed by atoms with E-state index in [1.807, 2.05) is 0 Å². The van der Waals surface area contributed by atoms with Crippen molar-refractivity contribution in [1.29, 1.82) is 0 Å². The van der Waals surface area contributed by atoms with Crippen LogP contribution in [-0.2, 0) is 19.1 Å². The average Bonchev–Trinajstić information content (AvgIpc) is 3.12. The first-order valence-corrected chi connectivity index (χ1v) is 7.31. The van der Waals surface area contributed by atoms with Crippen LogP contribution in [0.5, 0.6) is 0 Å². The van der Waals surface area contributed by atoms with E-state index in [-0.39, 0.29) is 24.1 Å². The summed E-state index contributed by atoms with van der Waals surface area (Å²) in [5, 5.41) is 0. The van der Waals surface area contributed by atoms with Gasteiger partial charge in [-0.25, -0.2) is 9.59 Å². The summed E-state index contributed by atoms with van der Waals surface area (Å²) in [7, 11) is 0. The summed E-state index contributed by atoms with van der Waals surface area (Å²) in [5.41, 5.74) is 0. The van der Waals surface area contributed by atoms with Crippen molar-refractivity contribution in [1.82, 2.24) is 0 Å². The van der Waals surface area contributed by atoms with Gasteiger partial charge in [0, 0.05) is 12.2 Å². The molecule has 0 unspecified atom stereocenters. The predicted octanol–water partition coefficient (Wildman–Crippen LogP) is 3.32. The van der Waals surface area contributed by atoms with E-state index in [1.54, 1.807) is 0 Å². The van der Waals surface area contributed by atoms with Crippen molar-refractivity contribution in [2.75, 3.05) is 0 Å². The quantitative estimate of drug-likeness (QED) is 0.585. The second-order valence-electron chi connectivity index (χ2n) is 5.09. The summed E-state index contributed by atoms with van der Waals surface area (Å²) in [5.74, 6) is -0.571. The molecule has 20 heavy (non-hydrogen) atoms. The number of ether oxygens (including phenoxy) is 2. The number of carbonyl (C=O) groups is 2. The first-order valence-electron chi connectivity index (χ1n) is 7.31. The Balaban J connectivity index is 0.000000200. The molecule has 0 aromatic carbocycles. The zero-order valence-corrected chi connectivity index (χ0v) is 12.0. The molecule has 112 valence electrons. The Labute approximate surface area is 120 Å². The molecular weight excluding hydrogens is 256 g/mol. The van der Waals surface area contributed by atoms with Gasteiger partial charge < -0.3 is 9.47 Å². The summed E-state index contributed by atoms with van der Waals surface area (Å²) in [4.78, 5) is 21.3. The zero-order chi connectivity index (χ0) is 14.8. The lowest BCUT2D eigenvalue weighted by molar-refractivity contribution is -0.143. The topological polar surface area (TPSA) is 52.6 Å². The fraction of sp³-hybridized carbons (Fsp3) is 0.625. The van der Waals surface area contributed by atoms with E-state index >= 15 is 0 Å². The van der Waals surface area contributed by atoms with E-state index < -0.39 is 0 Å². The molecule has 0 heterocycles. The van der Waals surface area contributed by atoms with Gasteiger partial charge in [0.15, 0.2) is 0 Å². The molecule has 0 N–H and O–H groups in total. The molecule has 0 aromatic heterocycles. The van der Waals surface area contributed by atoms with Crippen LogP contribution in [0.1, 0.15) is 51.4 Å². The van der Waals surface area contributed by atoms with E-state index in [4.69, 9.17) is 9.47 Å². The molecule has 0 saturated heterocycles.